The van der Waals surface area contributed by atoms with Gasteiger partial charge in [-0.3, -0.25) is 9.59 Å². The van der Waals surface area contributed by atoms with E-state index >= 15 is 0 Å². The van der Waals surface area contributed by atoms with Gasteiger partial charge in [-0.1, -0.05) is 42.1 Å². The van der Waals surface area contributed by atoms with E-state index in [1.54, 1.807) is 18.2 Å². The second kappa shape index (κ2) is 8.65. The van der Waals surface area contributed by atoms with Crippen LogP contribution < -0.4 is 14.4 Å². The Morgan fingerprint density at radius 3 is 2.00 bits per heavy atom. The third kappa shape index (κ3) is 4.04. The Morgan fingerprint density at radius 1 is 0.806 bits per heavy atom. The van der Waals surface area contributed by atoms with Crippen LogP contribution in [0.15, 0.2) is 82.6 Å². The number of methoxy groups -OCH3 is 2. The van der Waals surface area contributed by atoms with Crippen molar-refractivity contribution in [3.05, 3.63) is 89.1 Å². The number of hydrogen-bond acceptors (Lipinski definition) is 5. The van der Waals surface area contributed by atoms with Crippen molar-refractivity contribution < 1.29 is 23.5 Å². The van der Waals surface area contributed by atoms with Crippen molar-refractivity contribution in [3.63, 3.8) is 0 Å². The Morgan fingerprint density at radius 2 is 1.42 bits per heavy atom. The standard InChI is InChI=1S/C24H18FNO4S/c1-29-18-12-17(13-19(14-18)30-2)26-23(27)21(15-8-10-16(25)11-9-15)22(24(26)28)31-20-6-4-3-5-7-20/h3-14H,1-2H3. The molecule has 0 radical (unpaired) electrons. The number of benzene rings is 3. The van der Waals surface area contributed by atoms with Crippen molar-refractivity contribution in [2.24, 2.45) is 0 Å². The van der Waals surface area contributed by atoms with Crippen molar-refractivity contribution in [3.8, 4) is 11.5 Å². The van der Waals surface area contributed by atoms with Crippen LogP contribution >= 0.6 is 11.8 Å². The van der Waals surface area contributed by atoms with Crippen molar-refractivity contribution in [1.82, 2.24) is 0 Å². The number of imide groups is 1. The topological polar surface area (TPSA) is 55.8 Å². The van der Waals surface area contributed by atoms with E-state index in [0.717, 1.165) is 9.80 Å². The summed E-state index contributed by atoms with van der Waals surface area (Å²) in [5, 5.41) is 0. The summed E-state index contributed by atoms with van der Waals surface area (Å²) in [5.41, 5.74) is 1.02. The molecule has 0 bridgehead atoms. The van der Waals surface area contributed by atoms with Crippen LogP contribution in [0, 0.1) is 5.82 Å². The molecular formula is C24H18FNO4S. The maximum Gasteiger partial charge on any atom is 0.272 e. The highest BCUT2D eigenvalue weighted by Gasteiger charge is 2.40. The average Bonchev–Trinajstić information content (AvgIpc) is 3.04. The molecule has 0 N–H and O–H groups in total. The SMILES string of the molecule is COc1cc(OC)cc(N2C(=O)C(Sc3ccccc3)=C(c3ccc(F)cc3)C2=O)c1. The lowest BCUT2D eigenvalue weighted by Gasteiger charge is -2.17. The monoisotopic (exact) mass is 435 g/mol. The molecule has 1 aliphatic heterocycles. The van der Waals surface area contributed by atoms with Crippen molar-refractivity contribution >= 4 is 34.8 Å². The molecule has 3 aromatic carbocycles. The molecule has 1 aliphatic rings. The first-order valence-corrected chi connectivity index (χ1v) is 10.2. The molecule has 2 amide bonds. The maximum absolute atomic E-state index is 13.5. The van der Waals surface area contributed by atoms with Gasteiger partial charge in [0.2, 0.25) is 0 Å². The number of carbonyl (C=O) groups is 2. The van der Waals surface area contributed by atoms with E-state index in [1.165, 1.54) is 50.2 Å². The van der Waals surface area contributed by atoms with Gasteiger partial charge in [0.15, 0.2) is 0 Å². The van der Waals surface area contributed by atoms with Gasteiger partial charge >= 0.3 is 0 Å². The van der Waals surface area contributed by atoms with Crippen molar-refractivity contribution in [2.75, 3.05) is 19.1 Å². The number of thioether (sulfide) groups is 1. The zero-order valence-corrected chi connectivity index (χ0v) is 17.6. The smallest absolute Gasteiger partial charge is 0.272 e. The van der Waals surface area contributed by atoms with Gasteiger partial charge < -0.3 is 9.47 Å². The second-order valence-electron chi connectivity index (χ2n) is 6.64. The first-order valence-electron chi connectivity index (χ1n) is 9.37. The van der Waals surface area contributed by atoms with Gasteiger partial charge in [0.1, 0.15) is 17.3 Å². The van der Waals surface area contributed by atoms with E-state index in [0.29, 0.717) is 22.7 Å². The minimum atomic E-state index is -0.495. The molecule has 4 rings (SSSR count). The van der Waals surface area contributed by atoms with Gasteiger partial charge in [-0.15, -0.1) is 0 Å². The summed E-state index contributed by atoms with van der Waals surface area (Å²) in [6.07, 6.45) is 0. The third-order valence-corrected chi connectivity index (χ3v) is 5.82. The molecule has 5 nitrogen and oxygen atoms in total. The maximum atomic E-state index is 13.5. The van der Waals surface area contributed by atoms with Crippen LogP contribution in [0.5, 0.6) is 11.5 Å². The Labute approximate surface area is 183 Å². The first kappa shape index (κ1) is 20.7. The lowest BCUT2D eigenvalue weighted by atomic mass is 10.1. The average molecular weight is 435 g/mol. The minimum Gasteiger partial charge on any atom is -0.497 e. The molecule has 156 valence electrons. The largest absolute Gasteiger partial charge is 0.497 e. The molecule has 0 aromatic heterocycles. The number of carbonyl (C=O) groups excluding carboxylic acids is 2. The molecule has 1 heterocycles. The predicted molar refractivity (Wildman–Crippen MR) is 118 cm³/mol. The van der Waals surface area contributed by atoms with Gasteiger partial charge in [-0.2, -0.15) is 0 Å². The number of ether oxygens (including phenoxy) is 2. The number of hydrogen-bond donors (Lipinski definition) is 0. The summed E-state index contributed by atoms with van der Waals surface area (Å²) >= 11 is 1.20. The van der Waals surface area contributed by atoms with E-state index in [9.17, 15) is 14.0 Å². The first-order chi connectivity index (χ1) is 15.0. The van der Waals surface area contributed by atoms with Crippen molar-refractivity contribution in [2.45, 2.75) is 4.90 Å². The summed E-state index contributed by atoms with van der Waals surface area (Å²) < 4.78 is 24.1. The number of rotatable bonds is 6. The summed E-state index contributed by atoms with van der Waals surface area (Å²) in [6, 6.07) is 19.7. The van der Waals surface area contributed by atoms with Crippen LogP contribution in [0.25, 0.3) is 5.57 Å². The Bertz CT molecular complexity index is 1150. The van der Waals surface area contributed by atoms with Crippen LogP contribution in [0.2, 0.25) is 0 Å². The van der Waals surface area contributed by atoms with Crippen LogP contribution in [0.1, 0.15) is 5.56 Å². The van der Waals surface area contributed by atoms with E-state index < -0.39 is 17.6 Å². The Hall–Kier alpha value is -3.58. The summed E-state index contributed by atoms with van der Waals surface area (Å²) in [4.78, 5) is 29.1. The number of nitrogens with zero attached hydrogens (tertiary/aromatic N) is 1. The molecule has 0 fully saturated rings. The quantitative estimate of drug-likeness (QED) is 0.515. The fourth-order valence-corrected chi connectivity index (χ4v) is 4.25. The normalized spacial score (nSPS) is 13.7. The predicted octanol–water partition coefficient (Wildman–Crippen LogP) is 4.92. The van der Waals surface area contributed by atoms with Crippen LogP contribution in [-0.4, -0.2) is 26.0 Å². The molecule has 0 saturated heterocycles. The third-order valence-electron chi connectivity index (χ3n) is 4.73. The van der Waals surface area contributed by atoms with Crippen LogP contribution in [0.4, 0.5) is 10.1 Å². The molecule has 0 atom stereocenters. The zero-order valence-electron chi connectivity index (χ0n) is 16.8. The highest BCUT2D eigenvalue weighted by Crippen LogP contribution is 2.42. The second-order valence-corrected chi connectivity index (χ2v) is 7.73. The minimum absolute atomic E-state index is 0.223. The van der Waals surface area contributed by atoms with Gasteiger partial charge in [0, 0.05) is 23.1 Å². The van der Waals surface area contributed by atoms with E-state index in [-0.39, 0.29) is 10.5 Å². The fraction of sp³-hybridized carbons (Fsp3) is 0.0833. The van der Waals surface area contributed by atoms with Crippen LogP contribution in [-0.2, 0) is 9.59 Å². The van der Waals surface area contributed by atoms with Gasteiger partial charge in [-0.25, -0.2) is 9.29 Å². The molecule has 3 aromatic rings. The number of anilines is 1. The van der Waals surface area contributed by atoms with Crippen LogP contribution in [0.3, 0.4) is 0 Å². The molecule has 0 unspecified atom stereocenters. The molecule has 0 aliphatic carbocycles. The lowest BCUT2D eigenvalue weighted by Crippen LogP contribution is -2.31. The summed E-state index contributed by atoms with van der Waals surface area (Å²) in [5.74, 6) is -0.489. The Kier molecular flexibility index (Phi) is 5.77. The molecule has 0 spiro atoms. The highest BCUT2D eigenvalue weighted by atomic mass is 32.2. The zero-order chi connectivity index (χ0) is 22.0. The number of amides is 2. The Balaban J connectivity index is 1.83. The van der Waals surface area contributed by atoms with E-state index in [4.69, 9.17) is 9.47 Å². The lowest BCUT2D eigenvalue weighted by molar-refractivity contribution is -0.119. The van der Waals surface area contributed by atoms with E-state index in [1.807, 2.05) is 30.3 Å². The van der Waals surface area contributed by atoms with Gasteiger partial charge in [0.25, 0.3) is 11.8 Å². The molecular weight excluding hydrogens is 417 g/mol. The van der Waals surface area contributed by atoms with Gasteiger partial charge in [0.05, 0.1) is 30.4 Å². The van der Waals surface area contributed by atoms with Gasteiger partial charge in [-0.05, 0) is 29.8 Å². The summed E-state index contributed by atoms with van der Waals surface area (Å²) in [7, 11) is 2.98. The molecule has 0 saturated carbocycles. The van der Waals surface area contributed by atoms with E-state index in [2.05, 4.69) is 0 Å². The summed E-state index contributed by atoms with van der Waals surface area (Å²) in [6.45, 7) is 0. The highest BCUT2D eigenvalue weighted by molar-refractivity contribution is 8.04. The fourth-order valence-electron chi connectivity index (χ4n) is 3.24. The number of halogens is 1. The van der Waals surface area contributed by atoms with Crippen molar-refractivity contribution in [1.29, 1.82) is 0 Å². The molecule has 31 heavy (non-hydrogen) atoms. The molecule has 7 heteroatoms.